The van der Waals surface area contributed by atoms with Crippen LogP contribution in [0.25, 0.3) is 0 Å². The minimum Gasteiger partial charge on any atom is -0.458 e. The van der Waals surface area contributed by atoms with Crippen molar-refractivity contribution >= 4 is 31.8 Å². The van der Waals surface area contributed by atoms with Gasteiger partial charge in [-0.25, -0.2) is 0 Å². The van der Waals surface area contributed by atoms with Crippen molar-refractivity contribution < 1.29 is 33.1 Å². The molecule has 0 N–H and O–H groups in total. The number of hydrogen-bond acceptors (Lipinski definition) is 7. The minimum absolute atomic E-state index is 0.0371. The molecule has 0 aromatic rings. The number of fused-ring (bicyclic) bond motifs is 5. The summed E-state index contributed by atoms with van der Waals surface area (Å²) >= 11 is 0. The van der Waals surface area contributed by atoms with Crippen LogP contribution in [0.15, 0.2) is 23.8 Å². The average Bonchev–Trinajstić information content (AvgIpc) is 3.03. The second-order valence-electron chi connectivity index (χ2n) is 12.6. The van der Waals surface area contributed by atoms with Crippen molar-refractivity contribution in [3.05, 3.63) is 23.8 Å². The van der Waals surface area contributed by atoms with Crippen LogP contribution < -0.4 is 0 Å². The van der Waals surface area contributed by atoms with Crippen LogP contribution in [0.3, 0.4) is 0 Å². The second-order valence-corrected chi connectivity index (χ2v) is 17.0. The number of carbonyl (C=O) groups excluding carboxylic acids is 4. The Bertz CT molecular complexity index is 1040. The van der Waals surface area contributed by atoms with Crippen molar-refractivity contribution in [3.8, 4) is 0 Å². The molecule has 4 aliphatic carbocycles. The lowest BCUT2D eigenvalue weighted by Gasteiger charge is -2.61. The molecule has 8 heteroatoms. The molecule has 4 aliphatic rings. The largest absolute Gasteiger partial charge is 0.458 e. The summed E-state index contributed by atoms with van der Waals surface area (Å²) in [6.07, 6.45) is 8.83. The fourth-order valence-corrected chi connectivity index (χ4v) is 9.19. The molecule has 0 aromatic carbocycles. The maximum absolute atomic E-state index is 13.7. The zero-order valence-electron chi connectivity index (χ0n) is 22.6. The van der Waals surface area contributed by atoms with Gasteiger partial charge in [0.2, 0.25) is 5.78 Å². The number of ketones is 2. The van der Waals surface area contributed by atoms with E-state index in [9.17, 15) is 19.2 Å². The molecule has 7 nitrogen and oxygen atoms in total. The van der Waals surface area contributed by atoms with Gasteiger partial charge in [0.05, 0.1) is 0 Å². The number of ether oxygens (including phenoxy) is 2. The van der Waals surface area contributed by atoms with E-state index in [0.29, 0.717) is 12.8 Å². The van der Waals surface area contributed by atoms with Gasteiger partial charge in [0.15, 0.2) is 26.3 Å². The summed E-state index contributed by atoms with van der Waals surface area (Å²) in [6.45, 7) is 13.0. The van der Waals surface area contributed by atoms with Crippen LogP contribution in [0.4, 0.5) is 0 Å². The van der Waals surface area contributed by atoms with Gasteiger partial charge in [-0.1, -0.05) is 25.5 Å². The third-order valence-electron chi connectivity index (χ3n) is 9.27. The van der Waals surface area contributed by atoms with Gasteiger partial charge >= 0.3 is 11.9 Å². The van der Waals surface area contributed by atoms with Crippen molar-refractivity contribution in [2.75, 3.05) is 6.61 Å². The maximum Gasteiger partial charge on any atom is 0.303 e. The standard InChI is InChI=1S/C28H40O7Si/c1-17(29)33-16-24(32)28(34-18(2)30)13-11-22-21-9-8-19-14-20(31)10-12-26(19,3)25(21)23(15-27(22,28)4)35-36(5,6)7/h10,12,14,21-23,25H,8-9,11,13,15-16H2,1-7H3/t21-,22-,23-,25+,26-,27-,28-/m0/s1. The summed E-state index contributed by atoms with van der Waals surface area (Å²) < 4.78 is 18.0. The summed E-state index contributed by atoms with van der Waals surface area (Å²) in [6, 6.07) is 0. The summed E-state index contributed by atoms with van der Waals surface area (Å²) in [7, 11) is -2.01. The summed E-state index contributed by atoms with van der Waals surface area (Å²) in [5.41, 5.74) is -1.15. The number of esters is 2. The Hall–Kier alpha value is -2.06. The van der Waals surface area contributed by atoms with Gasteiger partial charge in [-0.2, -0.15) is 0 Å². The Morgan fingerprint density at radius 2 is 1.78 bits per heavy atom. The third kappa shape index (κ3) is 4.34. The van der Waals surface area contributed by atoms with Crippen molar-refractivity contribution in [1.29, 1.82) is 0 Å². The maximum atomic E-state index is 13.7. The monoisotopic (exact) mass is 516 g/mol. The van der Waals surface area contributed by atoms with Crippen molar-refractivity contribution in [2.24, 2.45) is 28.6 Å². The van der Waals surface area contributed by atoms with E-state index in [-0.39, 0.29) is 40.8 Å². The molecule has 198 valence electrons. The minimum atomic E-state index is -2.01. The van der Waals surface area contributed by atoms with E-state index in [1.54, 1.807) is 12.2 Å². The molecule has 3 fully saturated rings. The molecule has 0 saturated heterocycles. The summed E-state index contributed by atoms with van der Waals surface area (Å²) in [4.78, 5) is 49.8. The highest BCUT2D eigenvalue weighted by molar-refractivity contribution is 6.69. The Kier molecular flexibility index (Phi) is 6.78. The lowest BCUT2D eigenvalue weighted by molar-refractivity contribution is -0.198. The molecular weight excluding hydrogens is 476 g/mol. The zero-order valence-corrected chi connectivity index (χ0v) is 23.6. The van der Waals surface area contributed by atoms with Crippen LogP contribution in [0.2, 0.25) is 19.6 Å². The van der Waals surface area contributed by atoms with Crippen LogP contribution in [-0.4, -0.2) is 50.1 Å². The van der Waals surface area contributed by atoms with Gasteiger partial charge in [-0.15, -0.1) is 0 Å². The van der Waals surface area contributed by atoms with Crippen LogP contribution in [-0.2, 0) is 33.1 Å². The SMILES string of the molecule is CC(=O)OCC(=O)[C@@]1(OC(C)=O)CC[C@H]2[C@@H]3CCC4=CC(=O)C=C[C@]4(C)[C@H]3[C@@H](O[Si](C)(C)C)C[C@@]21C. The van der Waals surface area contributed by atoms with Crippen LogP contribution in [0, 0.1) is 28.6 Å². The number of rotatable bonds is 6. The fourth-order valence-electron chi connectivity index (χ4n) is 8.05. The lowest BCUT2D eigenvalue weighted by Crippen LogP contribution is -2.64. The van der Waals surface area contributed by atoms with Gasteiger partial charge in [-0.05, 0) is 81.7 Å². The van der Waals surface area contributed by atoms with Gasteiger partial charge in [-0.3, -0.25) is 19.2 Å². The van der Waals surface area contributed by atoms with Crippen molar-refractivity contribution in [2.45, 2.75) is 91.1 Å². The lowest BCUT2D eigenvalue weighted by atomic mass is 9.46. The van der Waals surface area contributed by atoms with Crippen molar-refractivity contribution in [1.82, 2.24) is 0 Å². The van der Waals surface area contributed by atoms with E-state index in [1.165, 1.54) is 19.4 Å². The Morgan fingerprint density at radius 1 is 1.08 bits per heavy atom. The first-order valence-corrected chi connectivity index (χ1v) is 16.5. The van der Waals surface area contributed by atoms with E-state index >= 15 is 0 Å². The van der Waals surface area contributed by atoms with Gasteiger partial charge in [0.25, 0.3) is 0 Å². The smallest absolute Gasteiger partial charge is 0.303 e. The van der Waals surface area contributed by atoms with E-state index in [1.807, 2.05) is 0 Å². The Labute approximate surface area is 215 Å². The van der Waals surface area contributed by atoms with Crippen LogP contribution in [0.1, 0.15) is 59.8 Å². The Morgan fingerprint density at radius 3 is 2.39 bits per heavy atom. The molecule has 36 heavy (non-hydrogen) atoms. The molecule has 0 bridgehead atoms. The highest BCUT2D eigenvalue weighted by Crippen LogP contribution is 2.68. The van der Waals surface area contributed by atoms with Crippen LogP contribution >= 0.6 is 0 Å². The number of hydrogen-bond donors (Lipinski definition) is 0. The molecule has 0 aromatic heterocycles. The van der Waals surface area contributed by atoms with E-state index in [2.05, 4.69) is 39.6 Å². The molecule has 3 saturated carbocycles. The predicted octanol–water partition coefficient (Wildman–Crippen LogP) is 4.56. The highest BCUT2D eigenvalue weighted by Gasteiger charge is 2.70. The third-order valence-corrected chi connectivity index (χ3v) is 10.3. The fraction of sp³-hybridized carbons (Fsp3) is 0.714. The van der Waals surface area contributed by atoms with E-state index < -0.39 is 37.9 Å². The van der Waals surface area contributed by atoms with Gasteiger partial charge in [0, 0.05) is 30.8 Å². The molecule has 0 spiro atoms. The number of allylic oxidation sites excluding steroid dienone is 4. The van der Waals surface area contributed by atoms with E-state index in [4.69, 9.17) is 13.9 Å². The van der Waals surface area contributed by atoms with E-state index in [0.717, 1.165) is 19.3 Å². The molecule has 4 rings (SSSR count). The van der Waals surface area contributed by atoms with Gasteiger partial charge < -0.3 is 13.9 Å². The van der Waals surface area contributed by atoms with Crippen LogP contribution in [0.5, 0.6) is 0 Å². The number of carbonyl (C=O) groups is 4. The summed E-state index contributed by atoms with van der Waals surface area (Å²) in [5.74, 6) is -0.833. The predicted molar refractivity (Wildman–Crippen MR) is 136 cm³/mol. The van der Waals surface area contributed by atoms with Gasteiger partial charge in [0.1, 0.15) is 0 Å². The first-order valence-electron chi connectivity index (χ1n) is 13.1. The Balaban J connectivity index is 1.81. The number of Topliss-reactive ketones (excluding diaryl/α,β-unsaturated/α-hetero) is 1. The molecule has 0 amide bonds. The molecule has 0 aliphatic heterocycles. The molecule has 7 atom stereocenters. The zero-order chi connectivity index (χ0) is 26.7. The molecule has 0 unspecified atom stereocenters. The average molecular weight is 517 g/mol. The first-order chi connectivity index (χ1) is 16.6. The highest BCUT2D eigenvalue weighted by atomic mass is 28.4. The molecular formula is C28H40O7Si. The van der Waals surface area contributed by atoms with Crippen molar-refractivity contribution in [3.63, 3.8) is 0 Å². The first kappa shape index (κ1) is 27.0. The molecule has 0 radical (unpaired) electrons. The quantitative estimate of drug-likeness (QED) is 0.377. The topological polar surface area (TPSA) is 96.0 Å². The second kappa shape index (κ2) is 9.05. The normalized spacial score (nSPS) is 39.4. The summed E-state index contributed by atoms with van der Waals surface area (Å²) in [5, 5.41) is 0. The molecule has 0 heterocycles.